The summed E-state index contributed by atoms with van der Waals surface area (Å²) in [7, 11) is 0. The van der Waals surface area contributed by atoms with Crippen molar-refractivity contribution >= 4 is 11.6 Å². The van der Waals surface area contributed by atoms with Gasteiger partial charge in [-0.3, -0.25) is 4.79 Å². The van der Waals surface area contributed by atoms with Crippen LogP contribution in [-0.4, -0.2) is 18.0 Å². The zero-order chi connectivity index (χ0) is 10.7. The predicted octanol–water partition coefficient (Wildman–Crippen LogP) is 1.77. The van der Waals surface area contributed by atoms with Gasteiger partial charge in [0.15, 0.2) is 0 Å². The van der Waals surface area contributed by atoms with Crippen molar-refractivity contribution in [2.45, 2.75) is 31.8 Å². The van der Waals surface area contributed by atoms with E-state index in [0.29, 0.717) is 6.04 Å². The van der Waals surface area contributed by atoms with Gasteiger partial charge >= 0.3 is 0 Å². The zero-order valence-electron chi connectivity index (χ0n) is 8.86. The first-order chi connectivity index (χ1) is 7.25. The normalized spacial score (nSPS) is 16.9. The molecule has 1 amide bonds. The molecule has 3 nitrogen and oxygen atoms in total. The molecule has 0 bridgehead atoms. The molecule has 0 saturated heterocycles. The van der Waals surface area contributed by atoms with Crippen LogP contribution in [0.1, 0.15) is 19.8 Å². The first-order valence-corrected chi connectivity index (χ1v) is 5.37. The molecule has 15 heavy (non-hydrogen) atoms. The van der Waals surface area contributed by atoms with Crippen LogP contribution in [0, 0.1) is 0 Å². The van der Waals surface area contributed by atoms with Gasteiger partial charge in [-0.2, -0.15) is 0 Å². The number of carbonyl (C=O) groups excluding carboxylic acids is 1. The number of carbonyl (C=O) groups is 1. The Morgan fingerprint density at radius 1 is 1.33 bits per heavy atom. The topological polar surface area (TPSA) is 41.1 Å². The Morgan fingerprint density at radius 3 is 2.60 bits per heavy atom. The monoisotopic (exact) mass is 204 g/mol. The van der Waals surface area contributed by atoms with Crippen LogP contribution >= 0.6 is 0 Å². The van der Waals surface area contributed by atoms with E-state index >= 15 is 0 Å². The maximum Gasteiger partial charge on any atom is 0.242 e. The Hall–Kier alpha value is -1.51. The number of amides is 1. The summed E-state index contributed by atoms with van der Waals surface area (Å²) in [5, 5.41) is 6.14. The van der Waals surface area contributed by atoms with Crippen molar-refractivity contribution in [1.82, 2.24) is 5.32 Å². The fraction of sp³-hybridized carbons (Fsp3) is 0.417. The standard InChI is InChI=1S/C12H16N2O/c1-9(12(15)14-11-7-8-11)13-10-5-3-2-4-6-10/h2-6,9,11,13H,7-8H2,1H3,(H,14,15). The van der Waals surface area contributed by atoms with Crippen molar-refractivity contribution in [3.05, 3.63) is 30.3 Å². The van der Waals surface area contributed by atoms with Crippen molar-refractivity contribution in [3.8, 4) is 0 Å². The minimum Gasteiger partial charge on any atom is -0.374 e. The van der Waals surface area contributed by atoms with Gasteiger partial charge in [0.2, 0.25) is 5.91 Å². The maximum atomic E-state index is 11.6. The quantitative estimate of drug-likeness (QED) is 0.784. The summed E-state index contributed by atoms with van der Waals surface area (Å²) in [6.07, 6.45) is 2.26. The van der Waals surface area contributed by atoms with E-state index in [2.05, 4.69) is 10.6 Å². The second-order valence-electron chi connectivity index (χ2n) is 4.01. The minimum atomic E-state index is -0.173. The van der Waals surface area contributed by atoms with Crippen molar-refractivity contribution in [1.29, 1.82) is 0 Å². The molecular formula is C12H16N2O. The van der Waals surface area contributed by atoms with Gasteiger partial charge in [0.25, 0.3) is 0 Å². The number of rotatable bonds is 4. The average Bonchev–Trinajstić information content (AvgIpc) is 3.03. The summed E-state index contributed by atoms with van der Waals surface area (Å²) in [5.41, 5.74) is 0.982. The van der Waals surface area contributed by atoms with Crippen LogP contribution in [0.5, 0.6) is 0 Å². The predicted molar refractivity (Wildman–Crippen MR) is 60.7 cm³/mol. The fourth-order valence-corrected chi connectivity index (χ4v) is 1.40. The molecule has 0 aromatic heterocycles. The summed E-state index contributed by atoms with van der Waals surface area (Å²) >= 11 is 0. The number of nitrogens with one attached hydrogen (secondary N) is 2. The van der Waals surface area contributed by atoms with Gasteiger partial charge in [-0.25, -0.2) is 0 Å². The van der Waals surface area contributed by atoms with Gasteiger partial charge in [-0.1, -0.05) is 18.2 Å². The van der Waals surface area contributed by atoms with Gasteiger partial charge in [0.1, 0.15) is 6.04 Å². The summed E-state index contributed by atoms with van der Waals surface area (Å²) in [4.78, 5) is 11.6. The first kappa shape index (κ1) is 10.0. The zero-order valence-corrected chi connectivity index (χ0v) is 8.86. The molecule has 1 aromatic carbocycles. The summed E-state index contributed by atoms with van der Waals surface area (Å²) in [5.74, 6) is 0.0846. The number of para-hydroxylation sites is 1. The lowest BCUT2D eigenvalue weighted by Gasteiger charge is -2.14. The number of benzene rings is 1. The molecule has 0 aliphatic heterocycles. The van der Waals surface area contributed by atoms with E-state index in [1.165, 1.54) is 0 Å². The number of anilines is 1. The van der Waals surface area contributed by atoms with Crippen LogP contribution in [0.3, 0.4) is 0 Å². The van der Waals surface area contributed by atoms with Gasteiger partial charge in [0, 0.05) is 11.7 Å². The third kappa shape index (κ3) is 2.98. The van der Waals surface area contributed by atoms with Gasteiger partial charge in [-0.05, 0) is 31.9 Å². The summed E-state index contributed by atoms with van der Waals surface area (Å²) in [6.45, 7) is 1.88. The molecule has 1 aliphatic carbocycles. The highest BCUT2D eigenvalue weighted by Gasteiger charge is 2.25. The van der Waals surface area contributed by atoms with Crippen molar-refractivity contribution in [2.24, 2.45) is 0 Å². The molecule has 1 aromatic rings. The molecule has 0 spiro atoms. The molecule has 80 valence electrons. The lowest BCUT2D eigenvalue weighted by molar-refractivity contribution is -0.121. The van der Waals surface area contributed by atoms with Crippen LogP contribution in [-0.2, 0) is 4.79 Å². The largest absolute Gasteiger partial charge is 0.374 e. The Balaban J connectivity index is 1.85. The first-order valence-electron chi connectivity index (χ1n) is 5.37. The molecule has 1 saturated carbocycles. The summed E-state index contributed by atoms with van der Waals surface area (Å²) in [6, 6.07) is 10.0. The molecule has 1 atom stereocenters. The molecule has 1 aliphatic rings. The van der Waals surface area contributed by atoms with Crippen LogP contribution in [0.4, 0.5) is 5.69 Å². The lowest BCUT2D eigenvalue weighted by Crippen LogP contribution is -2.38. The van der Waals surface area contributed by atoms with Crippen molar-refractivity contribution in [3.63, 3.8) is 0 Å². The molecule has 1 unspecified atom stereocenters. The smallest absolute Gasteiger partial charge is 0.242 e. The molecule has 2 N–H and O–H groups in total. The molecular weight excluding hydrogens is 188 g/mol. The second-order valence-corrected chi connectivity index (χ2v) is 4.01. The van der Waals surface area contributed by atoms with E-state index in [4.69, 9.17) is 0 Å². The minimum absolute atomic E-state index is 0.0846. The van der Waals surface area contributed by atoms with Crippen LogP contribution in [0.25, 0.3) is 0 Å². The molecule has 2 rings (SSSR count). The average molecular weight is 204 g/mol. The van der Waals surface area contributed by atoms with Crippen molar-refractivity contribution in [2.75, 3.05) is 5.32 Å². The fourth-order valence-electron chi connectivity index (χ4n) is 1.40. The van der Waals surface area contributed by atoms with E-state index in [1.54, 1.807) is 0 Å². The molecule has 3 heteroatoms. The van der Waals surface area contributed by atoms with Gasteiger partial charge in [0.05, 0.1) is 0 Å². The van der Waals surface area contributed by atoms with E-state index < -0.39 is 0 Å². The van der Waals surface area contributed by atoms with Crippen LogP contribution in [0.2, 0.25) is 0 Å². The SMILES string of the molecule is CC(Nc1ccccc1)C(=O)NC1CC1. The van der Waals surface area contributed by atoms with E-state index in [1.807, 2.05) is 37.3 Å². The third-order valence-corrected chi connectivity index (χ3v) is 2.47. The van der Waals surface area contributed by atoms with E-state index in [9.17, 15) is 4.79 Å². The second kappa shape index (κ2) is 4.34. The van der Waals surface area contributed by atoms with E-state index in [-0.39, 0.29) is 11.9 Å². The van der Waals surface area contributed by atoms with E-state index in [0.717, 1.165) is 18.5 Å². The van der Waals surface area contributed by atoms with Crippen molar-refractivity contribution < 1.29 is 4.79 Å². The van der Waals surface area contributed by atoms with Gasteiger partial charge in [-0.15, -0.1) is 0 Å². The summed E-state index contributed by atoms with van der Waals surface area (Å²) < 4.78 is 0. The number of hydrogen-bond acceptors (Lipinski definition) is 2. The Morgan fingerprint density at radius 2 is 2.00 bits per heavy atom. The van der Waals surface area contributed by atoms with Crippen LogP contribution < -0.4 is 10.6 Å². The third-order valence-electron chi connectivity index (χ3n) is 2.47. The van der Waals surface area contributed by atoms with Gasteiger partial charge < -0.3 is 10.6 Å². The van der Waals surface area contributed by atoms with Crippen LogP contribution in [0.15, 0.2) is 30.3 Å². The molecule has 0 heterocycles. The molecule has 1 fully saturated rings. The number of hydrogen-bond donors (Lipinski definition) is 2. The Bertz CT molecular complexity index is 333. The highest BCUT2D eigenvalue weighted by Crippen LogP contribution is 2.18. The highest BCUT2D eigenvalue weighted by molar-refractivity contribution is 5.84. The Labute approximate surface area is 89.9 Å². The maximum absolute atomic E-state index is 11.6. The Kier molecular flexibility index (Phi) is 2.90. The molecule has 0 radical (unpaired) electrons. The lowest BCUT2D eigenvalue weighted by atomic mass is 10.2. The highest BCUT2D eigenvalue weighted by atomic mass is 16.2.